The van der Waals surface area contributed by atoms with E-state index in [1.54, 1.807) is 39.0 Å². The van der Waals surface area contributed by atoms with Crippen LogP contribution in [0, 0.1) is 10.1 Å². The molecule has 1 unspecified atom stereocenters. The molecule has 1 fully saturated rings. The lowest BCUT2D eigenvalue weighted by Gasteiger charge is -2.35. The first-order valence-corrected chi connectivity index (χ1v) is 7.76. The van der Waals surface area contributed by atoms with Crippen LogP contribution in [0.4, 0.5) is 16.2 Å². The number of rotatable bonds is 3. The van der Waals surface area contributed by atoms with Crippen LogP contribution in [0.5, 0.6) is 0 Å². The van der Waals surface area contributed by atoms with Gasteiger partial charge >= 0.3 is 6.09 Å². The molecule has 23 heavy (non-hydrogen) atoms. The molecule has 1 N–H and O–H groups in total. The smallest absolute Gasteiger partial charge is 0.415 e. The lowest BCUT2D eigenvalue weighted by Crippen LogP contribution is -2.50. The maximum Gasteiger partial charge on any atom is 0.415 e. The average Bonchev–Trinajstić information content (AvgIpc) is 2.47. The zero-order chi connectivity index (χ0) is 17.0. The van der Waals surface area contributed by atoms with Gasteiger partial charge in [-0.2, -0.15) is 0 Å². The van der Waals surface area contributed by atoms with Crippen LogP contribution in [0.1, 0.15) is 33.6 Å². The van der Waals surface area contributed by atoms with Crippen molar-refractivity contribution in [1.29, 1.82) is 0 Å². The van der Waals surface area contributed by atoms with Crippen molar-refractivity contribution in [1.82, 2.24) is 5.32 Å². The maximum absolute atomic E-state index is 12.7. The molecular weight excluding hydrogens is 298 g/mol. The summed E-state index contributed by atoms with van der Waals surface area (Å²) in [6.45, 7) is 6.81. The molecule has 1 heterocycles. The second-order valence-corrected chi connectivity index (χ2v) is 6.60. The summed E-state index contributed by atoms with van der Waals surface area (Å²) in [4.78, 5) is 25.0. The quantitative estimate of drug-likeness (QED) is 0.683. The highest BCUT2D eigenvalue weighted by molar-refractivity contribution is 5.91. The van der Waals surface area contributed by atoms with E-state index < -0.39 is 16.6 Å². The summed E-state index contributed by atoms with van der Waals surface area (Å²) in [6.07, 6.45) is 1.13. The Labute approximate surface area is 135 Å². The highest BCUT2D eigenvalue weighted by Gasteiger charge is 2.34. The first-order valence-electron chi connectivity index (χ1n) is 7.76. The molecular formula is C16H23N3O4. The predicted molar refractivity (Wildman–Crippen MR) is 87.7 cm³/mol. The number of ether oxygens (including phenoxy) is 1. The maximum atomic E-state index is 12.7. The zero-order valence-electron chi connectivity index (χ0n) is 13.7. The van der Waals surface area contributed by atoms with Gasteiger partial charge in [0.25, 0.3) is 5.69 Å². The van der Waals surface area contributed by atoms with Gasteiger partial charge in [0, 0.05) is 12.6 Å². The van der Waals surface area contributed by atoms with Crippen molar-refractivity contribution in [2.45, 2.75) is 45.3 Å². The highest BCUT2D eigenvalue weighted by atomic mass is 16.6. The molecule has 126 valence electrons. The molecule has 1 aliphatic rings. The summed E-state index contributed by atoms with van der Waals surface area (Å²) in [5.41, 5.74) is -0.481. The van der Waals surface area contributed by atoms with E-state index in [1.165, 1.54) is 11.0 Å². The summed E-state index contributed by atoms with van der Waals surface area (Å²) < 4.78 is 5.48. The number of para-hydroxylation sites is 2. The molecule has 0 radical (unpaired) electrons. The molecule has 0 bridgehead atoms. The fourth-order valence-corrected chi connectivity index (χ4v) is 2.63. The van der Waals surface area contributed by atoms with Crippen LogP contribution < -0.4 is 10.2 Å². The third-order valence-corrected chi connectivity index (χ3v) is 3.56. The van der Waals surface area contributed by atoms with Crippen molar-refractivity contribution in [3.63, 3.8) is 0 Å². The lowest BCUT2D eigenvalue weighted by atomic mass is 10.0. The minimum absolute atomic E-state index is 0.0936. The van der Waals surface area contributed by atoms with E-state index in [2.05, 4.69) is 5.32 Å². The molecule has 7 nitrogen and oxygen atoms in total. The minimum Gasteiger partial charge on any atom is -0.443 e. The topological polar surface area (TPSA) is 84.7 Å². The number of carbonyl (C=O) groups is 1. The number of hydrogen-bond donors (Lipinski definition) is 1. The van der Waals surface area contributed by atoms with Gasteiger partial charge in [-0.25, -0.2) is 4.79 Å². The molecule has 1 aromatic rings. The largest absolute Gasteiger partial charge is 0.443 e. The predicted octanol–water partition coefficient (Wildman–Crippen LogP) is 3.09. The van der Waals surface area contributed by atoms with Gasteiger partial charge in [-0.15, -0.1) is 0 Å². The summed E-state index contributed by atoms with van der Waals surface area (Å²) in [6, 6.07) is 6.11. The van der Waals surface area contributed by atoms with Crippen molar-refractivity contribution in [3.8, 4) is 0 Å². The van der Waals surface area contributed by atoms with E-state index in [0.29, 0.717) is 6.54 Å². The van der Waals surface area contributed by atoms with E-state index >= 15 is 0 Å². The molecule has 1 aromatic carbocycles. The summed E-state index contributed by atoms with van der Waals surface area (Å²) in [5, 5.41) is 14.6. The number of nitro benzene ring substituents is 1. The first kappa shape index (κ1) is 17.2. The summed E-state index contributed by atoms with van der Waals surface area (Å²) in [7, 11) is 0. The van der Waals surface area contributed by atoms with Crippen LogP contribution >= 0.6 is 0 Å². The second-order valence-electron chi connectivity index (χ2n) is 6.60. The molecule has 1 saturated heterocycles. The Balaban J connectivity index is 2.41. The number of nitrogens with zero attached hydrogens (tertiary/aromatic N) is 2. The number of amides is 1. The Morgan fingerprint density at radius 3 is 2.65 bits per heavy atom. The van der Waals surface area contributed by atoms with Crippen LogP contribution in [0.2, 0.25) is 0 Å². The SMILES string of the molecule is CC(C)(C)OC(=O)N(c1ccccc1[N+](=O)[O-])C1CCCNC1. The number of hydrogen-bond acceptors (Lipinski definition) is 5. The van der Waals surface area contributed by atoms with Crippen molar-refractivity contribution < 1.29 is 14.5 Å². The van der Waals surface area contributed by atoms with Gasteiger partial charge < -0.3 is 10.1 Å². The van der Waals surface area contributed by atoms with Crippen LogP contribution in [-0.2, 0) is 4.74 Å². The molecule has 0 aliphatic carbocycles. The van der Waals surface area contributed by atoms with E-state index in [9.17, 15) is 14.9 Å². The lowest BCUT2D eigenvalue weighted by molar-refractivity contribution is -0.384. The van der Waals surface area contributed by atoms with Crippen molar-refractivity contribution >= 4 is 17.5 Å². The Morgan fingerprint density at radius 1 is 1.39 bits per heavy atom. The first-order chi connectivity index (χ1) is 10.8. The van der Waals surface area contributed by atoms with Crippen LogP contribution in [0.3, 0.4) is 0 Å². The third-order valence-electron chi connectivity index (χ3n) is 3.56. The highest BCUT2D eigenvalue weighted by Crippen LogP contribution is 2.32. The van der Waals surface area contributed by atoms with Gasteiger partial charge in [0.2, 0.25) is 0 Å². The fraction of sp³-hybridized carbons (Fsp3) is 0.562. The molecule has 1 amide bonds. The number of nitrogens with one attached hydrogen (secondary N) is 1. The Hall–Kier alpha value is -2.15. The van der Waals surface area contributed by atoms with Gasteiger partial charge in [-0.05, 0) is 46.2 Å². The third kappa shape index (κ3) is 4.41. The standard InChI is InChI=1S/C16H23N3O4/c1-16(2,3)23-15(20)18(12-7-6-10-17-11-12)13-8-4-5-9-14(13)19(21)22/h4-5,8-9,12,17H,6-7,10-11H2,1-3H3. The molecule has 0 saturated carbocycles. The number of anilines is 1. The van der Waals surface area contributed by atoms with Crippen molar-refractivity contribution in [2.75, 3.05) is 18.0 Å². The average molecular weight is 321 g/mol. The monoisotopic (exact) mass is 321 g/mol. The van der Waals surface area contributed by atoms with Crippen LogP contribution in [0.25, 0.3) is 0 Å². The van der Waals surface area contributed by atoms with Crippen LogP contribution in [0.15, 0.2) is 24.3 Å². The molecule has 2 rings (SSSR count). The fourth-order valence-electron chi connectivity index (χ4n) is 2.63. The molecule has 0 aromatic heterocycles. The van der Waals surface area contributed by atoms with Crippen molar-refractivity contribution in [2.24, 2.45) is 0 Å². The van der Waals surface area contributed by atoms with Gasteiger partial charge in [0.15, 0.2) is 0 Å². The molecule has 1 aliphatic heterocycles. The Morgan fingerprint density at radius 2 is 2.09 bits per heavy atom. The Bertz CT molecular complexity index is 577. The number of carbonyl (C=O) groups excluding carboxylic acids is 1. The van der Waals surface area contributed by atoms with Crippen molar-refractivity contribution in [3.05, 3.63) is 34.4 Å². The summed E-state index contributed by atoms with van der Waals surface area (Å²) >= 11 is 0. The molecule has 0 spiro atoms. The molecule has 1 atom stereocenters. The number of nitro groups is 1. The van der Waals surface area contributed by atoms with Gasteiger partial charge in [-0.1, -0.05) is 12.1 Å². The minimum atomic E-state index is -0.666. The van der Waals surface area contributed by atoms with E-state index in [4.69, 9.17) is 4.74 Å². The van der Waals surface area contributed by atoms with Gasteiger partial charge in [-0.3, -0.25) is 15.0 Å². The summed E-state index contributed by atoms with van der Waals surface area (Å²) in [5.74, 6) is 0. The number of piperidine rings is 1. The molecule has 7 heteroatoms. The van der Waals surface area contributed by atoms with Crippen LogP contribution in [-0.4, -0.2) is 35.7 Å². The normalized spacial score (nSPS) is 18.3. The second kappa shape index (κ2) is 6.95. The van der Waals surface area contributed by atoms with E-state index in [1.807, 2.05) is 0 Å². The van der Waals surface area contributed by atoms with E-state index in [0.717, 1.165) is 19.4 Å². The number of benzene rings is 1. The zero-order valence-corrected chi connectivity index (χ0v) is 13.7. The van der Waals surface area contributed by atoms with E-state index in [-0.39, 0.29) is 17.4 Å². The van der Waals surface area contributed by atoms with Gasteiger partial charge in [0.05, 0.1) is 11.0 Å². The Kier molecular flexibility index (Phi) is 5.20. The van der Waals surface area contributed by atoms with Gasteiger partial charge in [0.1, 0.15) is 11.3 Å².